The van der Waals surface area contributed by atoms with Crippen LogP contribution in [0.15, 0.2) is 36.4 Å². The molecule has 1 N–H and O–H groups in total. The number of carbonyl (C=O) groups excluding carboxylic acids is 1. The highest BCUT2D eigenvalue weighted by molar-refractivity contribution is 6.35. The summed E-state index contributed by atoms with van der Waals surface area (Å²) in [5.41, 5.74) is 1.44. The van der Waals surface area contributed by atoms with E-state index in [1.165, 1.54) is 7.11 Å². The summed E-state index contributed by atoms with van der Waals surface area (Å²) in [5.74, 6) is 0.911. The zero-order valence-electron chi connectivity index (χ0n) is 12.9. The summed E-state index contributed by atoms with van der Waals surface area (Å²) in [5, 5.41) is 4.04. The summed E-state index contributed by atoms with van der Waals surface area (Å²) in [6, 6.07) is 10.3. The smallest absolute Gasteiger partial charge is 0.251 e. The zero-order chi connectivity index (χ0) is 16.8. The number of rotatable bonds is 6. The summed E-state index contributed by atoms with van der Waals surface area (Å²) < 4.78 is 10.3. The van der Waals surface area contributed by atoms with Gasteiger partial charge in [-0.2, -0.15) is 0 Å². The average molecular weight is 354 g/mol. The van der Waals surface area contributed by atoms with Crippen molar-refractivity contribution < 1.29 is 14.3 Å². The number of methoxy groups -OCH3 is 2. The summed E-state index contributed by atoms with van der Waals surface area (Å²) >= 11 is 12.0. The average Bonchev–Trinajstić information content (AvgIpc) is 2.56. The Balaban J connectivity index is 1.97. The lowest BCUT2D eigenvalue weighted by Crippen LogP contribution is -2.25. The highest BCUT2D eigenvalue weighted by Gasteiger charge is 2.10. The topological polar surface area (TPSA) is 47.6 Å². The Morgan fingerprint density at radius 3 is 2.43 bits per heavy atom. The molecule has 6 heteroatoms. The van der Waals surface area contributed by atoms with Gasteiger partial charge in [-0.15, -0.1) is 0 Å². The molecule has 0 saturated heterocycles. The van der Waals surface area contributed by atoms with Crippen molar-refractivity contribution in [3.05, 3.63) is 57.6 Å². The molecule has 1 amide bonds. The highest BCUT2D eigenvalue weighted by Crippen LogP contribution is 2.27. The van der Waals surface area contributed by atoms with Crippen LogP contribution < -0.4 is 14.8 Å². The Morgan fingerprint density at radius 2 is 1.78 bits per heavy atom. The van der Waals surface area contributed by atoms with Crippen LogP contribution in [-0.4, -0.2) is 26.7 Å². The number of hydrogen-bond acceptors (Lipinski definition) is 3. The van der Waals surface area contributed by atoms with Crippen LogP contribution in [-0.2, 0) is 6.42 Å². The standard InChI is InChI=1S/C17H17Cl2NO3/c1-22-15-6-4-12(9-16(15)23-2)17(21)20-8-7-11-3-5-13(18)10-14(11)19/h3-6,9-10H,7-8H2,1-2H3,(H,20,21). The van der Waals surface area contributed by atoms with Crippen molar-refractivity contribution in [1.29, 1.82) is 0 Å². The first kappa shape index (κ1) is 17.4. The maximum Gasteiger partial charge on any atom is 0.251 e. The van der Waals surface area contributed by atoms with Crippen LogP contribution in [0.1, 0.15) is 15.9 Å². The molecule has 0 aromatic heterocycles. The van der Waals surface area contributed by atoms with Gasteiger partial charge in [-0.1, -0.05) is 29.3 Å². The molecule has 4 nitrogen and oxygen atoms in total. The van der Waals surface area contributed by atoms with Crippen LogP contribution in [0.25, 0.3) is 0 Å². The Morgan fingerprint density at radius 1 is 1.04 bits per heavy atom. The van der Waals surface area contributed by atoms with Gasteiger partial charge in [-0.3, -0.25) is 4.79 Å². The van der Waals surface area contributed by atoms with Crippen LogP contribution in [0.2, 0.25) is 10.0 Å². The third-order valence-corrected chi connectivity index (χ3v) is 3.93. The third kappa shape index (κ3) is 4.53. The van der Waals surface area contributed by atoms with Crippen LogP contribution in [0.3, 0.4) is 0 Å². The second kappa shape index (κ2) is 8.09. The molecule has 23 heavy (non-hydrogen) atoms. The predicted molar refractivity (Wildman–Crippen MR) is 92.0 cm³/mol. The molecule has 2 aromatic rings. The van der Waals surface area contributed by atoms with Crippen molar-refractivity contribution in [2.45, 2.75) is 6.42 Å². The molecule has 0 atom stereocenters. The van der Waals surface area contributed by atoms with Gasteiger partial charge in [0.15, 0.2) is 11.5 Å². The summed E-state index contributed by atoms with van der Waals surface area (Å²) in [4.78, 5) is 12.2. The van der Waals surface area contributed by atoms with Crippen molar-refractivity contribution in [3.63, 3.8) is 0 Å². The van der Waals surface area contributed by atoms with E-state index in [4.69, 9.17) is 32.7 Å². The highest BCUT2D eigenvalue weighted by atomic mass is 35.5. The molecule has 0 saturated carbocycles. The summed E-state index contributed by atoms with van der Waals surface area (Å²) in [7, 11) is 3.08. The molecule has 0 unspecified atom stereocenters. The zero-order valence-corrected chi connectivity index (χ0v) is 14.4. The molecular formula is C17H17Cl2NO3. The van der Waals surface area contributed by atoms with Gasteiger partial charge in [-0.05, 0) is 42.3 Å². The van der Waals surface area contributed by atoms with Crippen LogP contribution in [0, 0.1) is 0 Å². The maximum atomic E-state index is 12.2. The molecule has 0 aliphatic heterocycles. The fraction of sp³-hybridized carbons (Fsp3) is 0.235. The molecule has 0 heterocycles. The third-order valence-electron chi connectivity index (χ3n) is 3.34. The van der Waals surface area contributed by atoms with E-state index in [1.807, 2.05) is 6.07 Å². The second-order valence-corrected chi connectivity index (χ2v) is 5.66. The first-order valence-electron chi connectivity index (χ1n) is 6.99. The quantitative estimate of drug-likeness (QED) is 0.854. The molecule has 122 valence electrons. The van der Waals surface area contributed by atoms with Crippen LogP contribution in [0.5, 0.6) is 11.5 Å². The van der Waals surface area contributed by atoms with Gasteiger partial charge >= 0.3 is 0 Å². The first-order chi connectivity index (χ1) is 11.0. The number of nitrogens with one attached hydrogen (secondary N) is 1. The summed E-state index contributed by atoms with van der Waals surface area (Å²) in [6.07, 6.45) is 0.620. The van der Waals surface area contributed by atoms with Gasteiger partial charge in [0.05, 0.1) is 14.2 Å². The molecule has 0 radical (unpaired) electrons. The fourth-order valence-electron chi connectivity index (χ4n) is 2.11. The van der Waals surface area contributed by atoms with Gasteiger partial charge in [0.2, 0.25) is 0 Å². The van der Waals surface area contributed by atoms with E-state index >= 15 is 0 Å². The number of hydrogen-bond donors (Lipinski definition) is 1. The molecule has 0 fully saturated rings. The Bertz CT molecular complexity index is 704. The van der Waals surface area contributed by atoms with Crippen molar-refractivity contribution in [1.82, 2.24) is 5.32 Å². The molecule has 0 aliphatic carbocycles. The van der Waals surface area contributed by atoms with Gasteiger partial charge in [0.1, 0.15) is 0 Å². The van der Waals surface area contributed by atoms with E-state index in [-0.39, 0.29) is 5.91 Å². The van der Waals surface area contributed by atoms with Gasteiger partial charge in [0.25, 0.3) is 5.91 Å². The number of halogens is 2. The lowest BCUT2D eigenvalue weighted by molar-refractivity contribution is 0.0953. The number of ether oxygens (including phenoxy) is 2. The number of carbonyl (C=O) groups is 1. The van der Waals surface area contributed by atoms with Gasteiger partial charge in [0, 0.05) is 22.2 Å². The van der Waals surface area contributed by atoms with E-state index in [9.17, 15) is 4.79 Å². The largest absolute Gasteiger partial charge is 0.493 e. The van der Waals surface area contributed by atoms with Gasteiger partial charge < -0.3 is 14.8 Å². The van der Waals surface area contributed by atoms with Crippen LogP contribution >= 0.6 is 23.2 Å². The first-order valence-corrected chi connectivity index (χ1v) is 7.75. The minimum absolute atomic E-state index is 0.184. The van der Waals surface area contributed by atoms with E-state index in [0.717, 1.165) is 5.56 Å². The monoisotopic (exact) mass is 353 g/mol. The van der Waals surface area contributed by atoms with Crippen molar-refractivity contribution >= 4 is 29.1 Å². The molecule has 2 aromatic carbocycles. The molecule has 0 spiro atoms. The van der Waals surface area contributed by atoms with E-state index in [1.54, 1.807) is 37.4 Å². The van der Waals surface area contributed by atoms with Crippen molar-refractivity contribution in [2.75, 3.05) is 20.8 Å². The molecule has 0 bridgehead atoms. The maximum absolute atomic E-state index is 12.2. The summed E-state index contributed by atoms with van der Waals surface area (Å²) in [6.45, 7) is 0.467. The molecule has 0 aliphatic rings. The van der Waals surface area contributed by atoms with Crippen molar-refractivity contribution in [3.8, 4) is 11.5 Å². The second-order valence-electron chi connectivity index (χ2n) is 4.81. The van der Waals surface area contributed by atoms with Crippen molar-refractivity contribution in [2.24, 2.45) is 0 Å². The molecule has 2 rings (SSSR count). The normalized spacial score (nSPS) is 10.3. The minimum Gasteiger partial charge on any atom is -0.493 e. The predicted octanol–water partition coefficient (Wildman–Crippen LogP) is 3.98. The molecular weight excluding hydrogens is 337 g/mol. The Kier molecular flexibility index (Phi) is 6.13. The lowest BCUT2D eigenvalue weighted by Gasteiger charge is -2.10. The lowest BCUT2D eigenvalue weighted by atomic mass is 10.1. The minimum atomic E-state index is -0.184. The Hall–Kier alpha value is -1.91. The SMILES string of the molecule is COc1ccc(C(=O)NCCc2ccc(Cl)cc2Cl)cc1OC. The number of amides is 1. The van der Waals surface area contributed by atoms with E-state index in [0.29, 0.717) is 40.1 Å². The number of benzene rings is 2. The van der Waals surface area contributed by atoms with E-state index in [2.05, 4.69) is 5.32 Å². The van der Waals surface area contributed by atoms with E-state index < -0.39 is 0 Å². The van der Waals surface area contributed by atoms with Crippen LogP contribution in [0.4, 0.5) is 0 Å². The Labute approximate surface area is 145 Å². The van der Waals surface area contributed by atoms with Gasteiger partial charge in [-0.25, -0.2) is 0 Å². The fourth-order valence-corrected chi connectivity index (χ4v) is 2.62.